The smallest absolute Gasteiger partial charge is 0.00147 e. The van der Waals surface area contributed by atoms with Gasteiger partial charge in [-0.05, 0) is 46.9 Å². The third-order valence-corrected chi connectivity index (χ3v) is 2.75. The predicted molar refractivity (Wildman–Crippen MR) is 58.8 cm³/mol. The Kier molecular flexibility index (Phi) is 2.46. The van der Waals surface area contributed by atoms with Crippen LogP contribution < -0.4 is 0 Å². The molecule has 65 valence electrons. The fourth-order valence-electron chi connectivity index (χ4n) is 1.34. The maximum Gasteiger partial charge on any atom is -0.00147 e. The topological polar surface area (TPSA) is 0 Å². The minimum atomic E-state index is 0.859. The van der Waals surface area contributed by atoms with Gasteiger partial charge in [0.15, 0.2) is 0 Å². The van der Waals surface area contributed by atoms with Gasteiger partial charge in [-0.15, -0.1) is 0 Å². The van der Waals surface area contributed by atoms with Gasteiger partial charge in [0, 0.05) is 0 Å². The number of rotatable bonds is 2. The molecule has 1 aromatic heterocycles. The number of hydrogen-bond acceptors (Lipinski definition) is 1. The first-order valence-corrected chi connectivity index (χ1v) is 5.25. The zero-order valence-electron chi connectivity index (χ0n) is 7.36. The van der Waals surface area contributed by atoms with Gasteiger partial charge in [-0.3, -0.25) is 0 Å². The lowest BCUT2D eigenvalue weighted by molar-refractivity contribution is 1.27. The molecule has 2 aromatic rings. The van der Waals surface area contributed by atoms with Crippen LogP contribution in [0.1, 0.15) is 5.56 Å². The second-order valence-corrected chi connectivity index (χ2v) is 3.74. The first kappa shape index (κ1) is 8.52. The Balaban J connectivity index is 2.41. The maximum atomic E-state index is 3.88. The van der Waals surface area contributed by atoms with Crippen molar-refractivity contribution in [3.8, 4) is 11.1 Å². The summed E-state index contributed by atoms with van der Waals surface area (Å²) >= 11 is 1.73. The van der Waals surface area contributed by atoms with Crippen molar-refractivity contribution in [1.29, 1.82) is 0 Å². The number of thiophene rings is 1. The largest absolute Gasteiger partial charge is 0.152 e. The molecule has 0 bridgehead atoms. The van der Waals surface area contributed by atoms with Crippen molar-refractivity contribution in [2.24, 2.45) is 0 Å². The monoisotopic (exact) mass is 187 g/mol. The highest BCUT2D eigenvalue weighted by atomic mass is 32.1. The summed E-state index contributed by atoms with van der Waals surface area (Å²) in [4.78, 5) is 0. The molecule has 0 fully saturated rings. The molecule has 1 aromatic carbocycles. The van der Waals surface area contributed by atoms with Gasteiger partial charge in [0.05, 0.1) is 0 Å². The van der Waals surface area contributed by atoms with Crippen molar-refractivity contribution in [2.75, 3.05) is 0 Å². The summed E-state index contributed by atoms with van der Waals surface area (Å²) in [5, 5.41) is 4.27. The van der Waals surface area contributed by atoms with E-state index >= 15 is 0 Å². The predicted octanol–water partition coefficient (Wildman–Crippen LogP) is 3.79. The molecule has 0 aliphatic carbocycles. The van der Waals surface area contributed by atoms with Crippen LogP contribution in [0.3, 0.4) is 0 Å². The summed E-state index contributed by atoms with van der Waals surface area (Å²) in [7, 11) is 0. The van der Waals surface area contributed by atoms with Crippen molar-refractivity contribution in [3.63, 3.8) is 0 Å². The number of hydrogen-bond donors (Lipinski definition) is 0. The average molecular weight is 187 g/mol. The SMILES string of the molecule is [CH2]Cc1cccc(-c2ccsc2)c1. The molecule has 0 N–H and O–H groups in total. The van der Waals surface area contributed by atoms with Crippen molar-refractivity contribution in [2.45, 2.75) is 6.42 Å². The molecule has 0 spiro atoms. The first-order valence-electron chi connectivity index (χ1n) is 4.31. The van der Waals surface area contributed by atoms with E-state index in [1.54, 1.807) is 11.3 Å². The van der Waals surface area contributed by atoms with E-state index in [0.29, 0.717) is 0 Å². The molecule has 0 saturated carbocycles. The molecular weight excluding hydrogens is 176 g/mol. The van der Waals surface area contributed by atoms with Crippen LogP contribution in [0.25, 0.3) is 11.1 Å². The zero-order chi connectivity index (χ0) is 9.10. The Labute approximate surface area is 82.9 Å². The summed E-state index contributed by atoms with van der Waals surface area (Å²) < 4.78 is 0. The fourth-order valence-corrected chi connectivity index (χ4v) is 2.00. The minimum absolute atomic E-state index is 0.859. The summed E-state index contributed by atoms with van der Waals surface area (Å²) in [5.74, 6) is 0. The lowest BCUT2D eigenvalue weighted by Crippen LogP contribution is -1.80. The summed E-state index contributed by atoms with van der Waals surface area (Å²) in [6, 6.07) is 10.7. The molecule has 0 nitrogen and oxygen atoms in total. The van der Waals surface area contributed by atoms with Crippen LogP contribution in [0.15, 0.2) is 41.1 Å². The maximum absolute atomic E-state index is 3.88. The lowest BCUT2D eigenvalue weighted by atomic mass is 10.1. The first-order chi connectivity index (χ1) is 6.40. The third-order valence-electron chi connectivity index (χ3n) is 2.07. The highest BCUT2D eigenvalue weighted by Crippen LogP contribution is 2.22. The zero-order valence-corrected chi connectivity index (χ0v) is 8.18. The van der Waals surface area contributed by atoms with Gasteiger partial charge in [0.25, 0.3) is 0 Å². The Morgan fingerprint density at radius 3 is 2.77 bits per heavy atom. The van der Waals surface area contributed by atoms with E-state index in [2.05, 4.69) is 48.0 Å². The van der Waals surface area contributed by atoms with Gasteiger partial charge in [-0.1, -0.05) is 24.3 Å². The van der Waals surface area contributed by atoms with E-state index in [1.807, 2.05) is 0 Å². The molecule has 1 radical (unpaired) electrons. The standard InChI is InChI=1S/C12H11S/c1-2-10-4-3-5-11(8-10)12-6-7-13-9-12/h3-9H,1-2H2. The van der Waals surface area contributed by atoms with E-state index in [0.717, 1.165) is 6.42 Å². The molecule has 2 rings (SSSR count). The second-order valence-electron chi connectivity index (χ2n) is 2.96. The van der Waals surface area contributed by atoms with Crippen LogP contribution >= 0.6 is 11.3 Å². The highest BCUT2D eigenvalue weighted by Gasteiger charge is 1.97. The van der Waals surface area contributed by atoms with Gasteiger partial charge in [0.1, 0.15) is 0 Å². The van der Waals surface area contributed by atoms with E-state index in [1.165, 1.54) is 16.7 Å². The molecule has 0 aliphatic rings. The van der Waals surface area contributed by atoms with E-state index in [4.69, 9.17) is 0 Å². The van der Waals surface area contributed by atoms with Gasteiger partial charge >= 0.3 is 0 Å². The fraction of sp³-hybridized carbons (Fsp3) is 0.0833. The quantitative estimate of drug-likeness (QED) is 0.671. The molecule has 1 heteroatoms. The Hall–Kier alpha value is -1.08. The van der Waals surface area contributed by atoms with Crippen LogP contribution in [0.5, 0.6) is 0 Å². The average Bonchev–Trinajstić information content (AvgIpc) is 2.71. The molecule has 0 unspecified atom stereocenters. The van der Waals surface area contributed by atoms with Crippen LogP contribution in [-0.2, 0) is 6.42 Å². The van der Waals surface area contributed by atoms with Gasteiger partial charge in [-0.25, -0.2) is 0 Å². The van der Waals surface area contributed by atoms with Crippen LogP contribution in [0.4, 0.5) is 0 Å². The summed E-state index contributed by atoms with van der Waals surface area (Å²) in [5.41, 5.74) is 3.89. The third kappa shape index (κ3) is 1.81. The van der Waals surface area contributed by atoms with Gasteiger partial charge in [0.2, 0.25) is 0 Å². The summed E-state index contributed by atoms with van der Waals surface area (Å²) in [6.07, 6.45) is 0.859. The van der Waals surface area contributed by atoms with Crippen molar-refractivity contribution in [3.05, 3.63) is 53.6 Å². The Morgan fingerprint density at radius 1 is 1.15 bits per heavy atom. The lowest BCUT2D eigenvalue weighted by Gasteiger charge is -2.00. The van der Waals surface area contributed by atoms with Crippen LogP contribution in [0.2, 0.25) is 0 Å². The Bertz CT molecular complexity index is 374. The molecule has 0 amide bonds. The number of benzene rings is 1. The minimum Gasteiger partial charge on any atom is -0.152 e. The van der Waals surface area contributed by atoms with E-state index < -0.39 is 0 Å². The molecular formula is C12H11S. The van der Waals surface area contributed by atoms with Gasteiger partial charge in [-0.2, -0.15) is 11.3 Å². The molecule has 0 aliphatic heterocycles. The van der Waals surface area contributed by atoms with Crippen molar-refractivity contribution in [1.82, 2.24) is 0 Å². The second kappa shape index (κ2) is 3.75. The molecule has 13 heavy (non-hydrogen) atoms. The highest BCUT2D eigenvalue weighted by molar-refractivity contribution is 7.08. The van der Waals surface area contributed by atoms with Crippen molar-refractivity contribution < 1.29 is 0 Å². The van der Waals surface area contributed by atoms with Gasteiger partial charge < -0.3 is 0 Å². The molecule has 1 heterocycles. The van der Waals surface area contributed by atoms with Crippen molar-refractivity contribution >= 4 is 11.3 Å². The Morgan fingerprint density at radius 2 is 2.08 bits per heavy atom. The van der Waals surface area contributed by atoms with E-state index in [9.17, 15) is 0 Å². The molecule has 0 atom stereocenters. The van der Waals surface area contributed by atoms with Crippen LogP contribution in [0, 0.1) is 6.92 Å². The van der Waals surface area contributed by atoms with E-state index in [-0.39, 0.29) is 0 Å². The normalized spacial score (nSPS) is 10.2. The summed E-state index contributed by atoms with van der Waals surface area (Å²) in [6.45, 7) is 3.88. The van der Waals surface area contributed by atoms with Crippen LogP contribution in [-0.4, -0.2) is 0 Å². The molecule has 0 saturated heterocycles.